The number of para-hydroxylation sites is 2. The topological polar surface area (TPSA) is 49.9 Å². The fourth-order valence-electron chi connectivity index (χ4n) is 3.74. The molecule has 0 radical (unpaired) electrons. The van der Waals surface area contributed by atoms with Crippen LogP contribution >= 0.6 is 0 Å². The third-order valence-corrected chi connectivity index (χ3v) is 5.68. The molecule has 0 aliphatic heterocycles. The van der Waals surface area contributed by atoms with Gasteiger partial charge in [0.15, 0.2) is 0 Å². The molecule has 0 aliphatic carbocycles. The second-order valence-electron chi connectivity index (χ2n) is 8.01. The Labute approximate surface area is 190 Å². The van der Waals surface area contributed by atoms with Crippen molar-refractivity contribution in [3.8, 4) is 5.75 Å². The summed E-state index contributed by atoms with van der Waals surface area (Å²) in [6, 6.07) is 26.8. The molecular weight excluding hydrogens is 400 g/mol. The van der Waals surface area contributed by atoms with Gasteiger partial charge in [-0.2, -0.15) is 0 Å². The first kappa shape index (κ1) is 23.1. The minimum atomic E-state index is -0.437. The molecule has 0 bridgehead atoms. The Morgan fingerprint density at radius 2 is 1.31 bits per heavy atom. The first-order valence-corrected chi connectivity index (χ1v) is 10.7. The van der Waals surface area contributed by atoms with Crippen LogP contribution in [0.15, 0.2) is 84.9 Å². The van der Waals surface area contributed by atoms with Crippen LogP contribution in [0.25, 0.3) is 0 Å². The van der Waals surface area contributed by atoms with E-state index in [-0.39, 0.29) is 24.2 Å². The SMILES string of the molecule is COc1ccc([C@@H](CC(=O)N(C)C)[C@H](C)C(=O)N(c2ccccc2)c2ccccc2)cc1. The number of carbonyl (C=O) groups excluding carboxylic acids is 2. The summed E-state index contributed by atoms with van der Waals surface area (Å²) in [5.41, 5.74) is 2.52. The molecule has 0 N–H and O–H groups in total. The quantitative estimate of drug-likeness (QED) is 0.490. The largest absolute Gasteiger partial charge is 0.497 e. The number of carbonyl (C=O) groups is 2. The van der Waals surface area contributed by atoms with E-state index in [1.807, 2.05) is 91.9 Å². The molecule has 3 rings (SSSR count). The average molecular weight is 431 g/mol. The summed E-state index contributed by atoms with van der Waals surface area (Å²) in [5, 5.41) is 0. The highest BCUT2D eigenvalue weighted by Crippen LogP contribution is 2.35. The van der Waals surface area contributed by atoms with Gasteiger partial charge < -0.3 is 9.64 Å². The van der Waals surface area contributed by atoms with Gasteiger partial charge in [-0.25, -0.2) is 0 Å². The minimum absolute atomic E-state index is 0.0172. The highest BCUT2D eigenvalue weighted by atomic mass is 16.5. The van der Waals surface area contributed by atoms with Gasteiger partial charge in [-0.05, 0) is 42.0 Å². The second-order valence-corrected chi connectivity index (χ2v) is 8.01. The number of hydrogen-bond donors (Lipinski definition) is 0. The van der Waals surface area contributed by atoms with Crippen LogP contribution in [0.4, 0.5) is 11.4 Å². The summed E-state index contributed by atoms with van der Waals surface area (Å²) in [7, 11) is 5.09. The lowest BCUT2D eigenvalue weighted by Crippen LogP contribution is -2.36. The first-order chi connectivity index (χ1) is 15.4. The molecule has 0 heterocycles. The van der Waals surface area contributed by atoms with Crippen LogP contribution in [0.1, 0.15) is 24.8 Å². The molecule has 0 saturated carbocycles. The summed E-state index contributed by atoms with van der Waals surface area (Å²) in [6.45, 7) is 1.90. The lowest BCUT2D eigenvalue weighted by atomic mass is 9.83. The zero-order valence-corrected chi connectivity index (χ0v) is 19.1. The zero-order valence-electron chi connectivity index (χ0n) is 19.1. The summed E-state index contributed by atoms with van der Waals surface area (Å²) < 4.78 is 5.28. The molecular formula is C27H30N2O3. The van der Waals surface area contributed by atoms with Crippen molar-refractivity contribution in [2.24, 2.45) is 5.92 Å². The highest BCUT2D eigenvalue weighted by molar-refractivity contribution is 6.02. The van der Waals surface area contributed by atoms with Gasteiger partial charge in [0.1, 0.15) is 5.75 Å². The molecule has 166 valence electrons. The third-order valence-electron chi connectivity index (χ3n) is 5.68. The number of anilines is 2. The number of amides is 2. The maximum atomic E-state index is 13.9. The Balaban J connectivity index is 2.00. The van der Waals surface area contributed by atoms with Crippen molar-refractivity contribution in [2.45, 2.75) is 19.3 Å². The summed E-state index contributed by atoms with van der Waals surface area (Å²) in [5.74, 6) is -0.0576. The van der Waals surface area contributed by atoms with Crippen molar-refractivity contribution >= 4 is 23.2 Å². The maximum Gasteiger partial charge on any atom is 0.235 e. The van der Waals surface area contributed by atoms with Crippen molar-refractivity contribution in [1.29, 1.82) is 0 Å². The van der Waals surface area contributed by atoms with Gasteiger partial charge in [0, 0.05) is 43.7 Å². The van der Waals surface area contributed by atoms with E-state index >= 15 is 0 Å². The molecule has 5 heteroatoms. The van der Waals surface area contributed by atoms with Crippen LogP contribution in [-0.4, -0.2) is 37.9 Å². The summed E-state index contributed by atoms with van der Waals surface area (Å²) >= 11 is 0. The van der Waals surface area contributed by atoms with Crippen LogP contribution in [0, 0.1) is 5.92 Å². The van der Waals surface area contributed by atoms with Gasteiger partial charge in [-0.3, -0.25) is 14.5 Å². The number of ether oxygens (including phenoxy) is 1. The van der Waals surface area contributed by atoms with E-state index in [0.29, 0.717) is 0 Å². The van der Waals surface area contributed by atoms with E-state index in [0.717, 1.165) is 22.7 Å². The molecule has 2 amide bonds. The second kappa shape index (κ2) is 10.6. The van der Waals surface area contributed by atoms with Crippen LogP contribution < -0.4 is 9.64 Å². The normalized spacial score (nSPS) is 12.5. The van der Waals surface area contributed by atoms with Crippen molar-refractivity contribution in [3.63, 3.8) is 0 Å². The Morgan fingerprint density at radius 3 is 1.75 bits per heavy atom. The Kier molecular flexibility index (Phi) is 7.66. The van der Waals surface area contributed by atoms with E-state index in [2.05, 4.69) is 0 Å². The molecule has 0 aromatic heterocycles. The van der Waals surface area contributed by atoms with Gasteiger partial charge in [0.25, 0.3) is 0 Å². The lowest BCUT2D eigenvalue weighted by molar-refractivity contribution is -0.129. The smallest absolute Gasteiger partial charge is 0.235 e. The van der Waals surface area contributed by atoms with Crippen molar-refractivity contribution in [3.05, 3.63) is 90.5 Å². The van der Waals surface area contributed by atoms with E-state index in [1.54, 1.807) is 31.0 Å². The predicted octanol–water partition coefficient (Wildman–Crippen LogP) is 5.26. The summed E-state index contributed by atoms with van der Waals surface area (Å²) in [6.07, 6.45) is 0.240. The standard InChI is InChI=1S/C27H30N2O3/c1-20(25(19-26(30)28(2)3)21-15-17-24(32-4)18-16-21)27(31)29(22-11-7-5-8-12-22)23-13-9-6-10-14-23/h5-18,20,25H,19H2,1-4H3/t20-,25-/m0/s1. The average Bonchev–Trinajstić information content (AvgIpc) is 2.83. The number of hydrogen-bond acceptors (Lipinski definition) is 3. The van der Waals surface area contributed by atoms with Crippen LogP contribution in [0.2, 0.25) is 0 Å². The van der Waals surface area contributed by atoms with Crippen molar-refractivity contribution in [1.82, 2.24) is 4.90 Å². The molecule has 0 aliphatic rings. The maximum absolute atomic E-state index is 13.9. The van der Waals surface area contributed by atoms with Gasteiger partial charge in [0.2, 0.25) is 11.8 Å². The Morgan fingerprint density at radius 1 is 0.812 bits per heavy atom. The molecule has 0 fully saturated rings. The zero-order chi connectivity index (χ0) is 23.1. The molecule has 0 unspecified atom stereocenters. The van der Waals surface area contributed by atoms with Gasteiger partial charge in [0.05, 0.1) is 7.11 Å². The minimum Gasteiger partial charge on any atom is -0.497 e. The highest BCUT2D eigenvalue weighted by Gasteiger charge is 2.32. The fraction of sp³-hybridized carbons (Fsp3) is 0.259. The van der Waals surface area contributed by atoms with E-state index in [1.165, 1.54) is 0 Å². The number of methoxy groups -OCH3 is 1. The monoisotopic (exact) mass is 430 g/mol. The van der Waals surface area contributed by atoms with Crippen LogP contribution in [0.5, 0.6) is 5.75 Å². The Bertz CT molecular complexity index is 978. The predicted molar refractivity (Wildman–Crippen MR) is 128 cm³/mol. The third kappa shape index (κ3) is 5.35. The molecule has 5 nitrogen and oxygen atoms in total. The van der Waals surface area contributed by atoms with E-state index < -0.39 is 5.92 Å². The van der Waals surface area contributed by atoms with Crippen LogP contribution in [0.3, 0.4) is 0 Å². The van der Waals surface area contributed by atoms with Crippen LogP contribution in [-0.2, 0) is 9.59 Å². The Hall–Kier alpha value is -3.60. The molecule has 0 saturated heterocycles. The molecule has 2 atom stereocenters. The van der Waals surface area contributed by atoms with E-state index in [9.17, 15) is 9.59 Å². The first-order valence-electron chi connectivity index (χ1n) is 10.7. The van der Waals surface area contributed by atoms with Crippen molar-refractivity contribution < 1.29 is 14.3 Å². The van der Waals surface area contributed by atoms with Gasteiger partial charge in [-0.15, -0.1) is 0 Å². The fourth-order valence-corrected chi connectivity index (χ4v) is 3.74. The molecule has 32 heavy (non-hydrogen) atoms. The molecule has 3 aromatic rings. The van der Waals surface area contributed by atoms with Gasteiger partial charge >= 0.3 is 0 Å². The summed E-state index contributed by atoms with van der Waals surface area (Å²) in [4.78, 5) is 29.9. The molecule has 0 spiro atoms. The van der Waals surface area contributed by atoms with Crippen molar-refractivity contribution in [2.75, 3.05) is 26.1 Å². The van der Waals surface area contributed by atoms with Gasteiger partial charge in [-0.1, -0.05) is 55.5 Å². The lowest BCUT2D eigenvalue weighted by Gasteiger charge is -2.31. The van der Waals surface area contributed by atoms with E-state index in [4.69, 9.17) is 4.74 Å². The number of rotatable bonds is 8. The number of benzene rings is 3. The molecule has 3 aromatic carbocycles. The number of nitrogens with zero attached hydrogens (tertiary/aromatic N) is 2.